The Balaban J connectivity index is 1.47. The molecule has 0 aliphatic heterocycles. The maximum absolute atomic E-state index is 12.4. The molecule has 3 rings (SSSR count). The maximum atomic E-state index is 12.4. The van der Waals surface area contributed by atoms with Crippen molar-refractivity contribution in [3.05, 3.63) is 82.8 Å². The number of ether oxygens (including phenoxy) is 2. The Morgan fingerprint density at radius 1 is 0.793 bits per heavy atom. The van der Waals surface area contributed by atoms with E-state index in [2.05, 4.69) is 4.72 Å². The van der Waals surface area contributed by atoms with E-state index in [0.717, 1.165) is 0 Å². The Hall–Kier alpha value is -2.25. The van der Waals surface area contributed by atoms with Crippen molar-refractivity contribution in [2.45, 2.75) is 11.3 Å². The minimum absolute atomic E-state index is 0.170. The van der Waals surface area contributed by atoms with Gasteiger partial charge in [-0.2, -0.15) is 0 Å². The molecule has 0 spiro atoms. The molecule has 0 saturated heterocycles. The van der Waals surface area contributed by atoms with Gasteiger partial charge in [0.1, 0.15) is 17.2 Å². The molecule has 0 radical (unpaired) electrons. The Morgan fingerprint density at radius 3 is 2.14 bits per heavy atom. The Morgan fingerprint density at radius 2 is 1.45 bits per heavy atom. The lowest BCUT2D eigenvalue weighted by Gasteiger charge is -2.10. The number of halogens is 2. The van der Waals surface area contributed by atoms with Crippen molar-refractivity contribution >= 4 is 33.2 Å². The van der Waals surface area contributed by atoms with Gasteiger partial charge in [0.2, 0.25) is 10.0 Å². The summed E-state index contributed by atoms with van der Waals surface area (Å²) in [5, 5.41) is 0.858. The normalized spacial score (nSPS) is 11.2. The number of hydrogen-bond acceptors (Lipinski definition) is 4. The van der Waals surface area contributed by atoms with Gasteiger partial charge in [0.25, 0.3) is 0 Å². The van der Waals surface area contributed by atoms with Crippen LogP contribution < -0.4 is 14.2 Å². The van der Waals surface area contributed by atoms with Crippen LogP contribution in [0.5, 0.6) is 17.2 Å². The molecular weight excluding hydrogens is 433 g/mol. The van der Waals surface area contributed by atoms with E-state index >= 15 is 0 Å². The molecule has 0 aliphatic carbocycles. The summed E-state index contributed by atoms with van der Waals surface area (Å²) in [5.41, 5.74) is 0. The highest BCUT2D eigenvalue weighted by Gasteiger charge is 2.13. The first kappa shape index (κ1) is 21.5. The van der Waals surface area contributed by atoms with Gasteiger partial charge in [-0.15, -0.1) is 0 Å². The van der Waals surface area contributed by atoms with E-state index in [4.69, 9.17) is 32.7 Å². The fourth-order valence-corrected chi connectivity index (χ4v) is 3.79. The molecule has 8 heteroatoms. The molecule has 0 aromatic heterocycles. The minimum Gasteiger partial charge on any atom is -0.493 e. The van der Waals surface area contributed by atoms with Gasteiger partial charge in [0.05, 0.1) is 21.5 Å². The largest absolute Gasteiger partial charge is 0.493 e. The van der Waals surface area contributed by atoms with Crippen LogP contribution in [0.25, 0.3) is 0 Å². The van der Waals surface area contributed by atoms with Crippen LogP contribution in [-0.4, -0.2) is 21.6 Å². The average molecular weight is 452 g/mol. The van der Waals surface area contributed by atoms with Crippen LogP contribution in [-0.2, 0) is 10.0 Å². The topological polar surface area (TPSA) is 64.6 Å². The molecule has 0 fully saturated rings. The van der Waals surface area contributed by atoms with Crippen molar-refractivity contribution in [3.63, 3.8) is 0 Å². The van der Waals surface area contributed by atoms with Gasteiger partial charge >= 0.3 is 0 Å². The maximum Gasteiger partial charge on any atom is 0.240 e. The zero-order valence-corrected chi connectivity index (χ0v) is 17.7. The Bertz CT molecular complexity index is 1040. The third-order valence-electron chi connectivity index (χ3n) is 3.89. The third-order valence-corrected chi connectivity index (χ3v) is 6.10. The molecule has 0 bridgehead atoms. The van der Waals surface area contributed by atoms with Gasteiger partial charge in [-0.1, -0.05) is 41.4 Å². The van der Waals surface area contributed by atoms with Crippen molar-refractivity contribution < 1.29 is 17.9 Å². The molecule has 0 unspecified atom stereocenters. The SMILES string of the molecule is O=S(=O)(NCCCOc1ccc(Cl)c(Cl)c1)c1ccc(Oc2ccccc2)cc1. The fraction of sp³-hybridized carbons (Fsp3) is 0.143. The minimum atomic E-state index is -3.61. The van der Waals surface area contributed by atoms with E-state index in [1.165, 1.54) is 12.1 Å². The Kier molecular flexibility index (Phi) is 7.39. The average Bonchev–Trinajstić information content (AvgIpc) is 2.71. The van der Waals surface area contributed by atoms with Crippen molar-refractivity contribution in [1.82, 2.24) is 4.72 Å². The van der Waals surface area contributed by atoms with E-state index in [9.17, 15) is 8.42 Å². The van der Waals surface area contributed by atoms with Gasteiger partial charge < -0.3 is 9.47 Å². The van der Waals surface area contributed by atoms with Crippen molar-refractivity contribution in [1.29, 1.82) is 0 Å². The van der Waals surface area contributed by atoms with Crippen LogP contribution in [0.4, 0.5) is 0 Å². The highest BCUT2D eigenvalue weighted by Crippen LogP contribution is 2.26. The molecule has 0 aliphatic rings. The van der Waals surface area contributed by atoms with Crippen LogP contribution in [0.3, 0.4) is 0 Å². The molecule has 1 N–H and O–H groups in total. The predicted octanol–water partition coefficient (Wildman–Crippen LogP) is 5.53. The quantitative estimate of drug-likeness (QED) is 0.434. The summed E-state index contributed by atoms with van der Waals surface area (Å²) >= 11 is 11.8. The van der Waals surface area contributed by atoms with Crippen LogP contribution in [0, 0.1) is 0 Å². The van der Waals surface area contributed by atoms with Gasteiger partial charge in [0, 0.05) is 12.6 Å². The lowest BCUT2D eigenvalue weighted by atomic mass is 10.3. The second-order valence-electron chi connectivity index (χ2n) is 6.06. The number of hydrogen-bond donors (Lipinski definition) is 1. The highest BCUT2D eigenvalue weighted by molar-refractivity contribution is 7.89. The molecule has 29 heavy (non-hydrogen) atoms. The Labute approximate surface area is 180 Å². The van der Waals surface area contributed by atoms with Crippen molar-refractivity contribution in [2.75, 3.05) is 13.2 Å². The lowest BCUT2D eigenvalue weighted by Crippen LogP contribution is -2.25. The van der Waals surface area contributed by atoms with Crippen molar-refractivity contribution in [2.24, 2.45) is 0 Å². The summed E-state index contributed by atoms with van der Waals surface area (Å²) < 4.78 is 38.5. The smallest absolute Gasteiger partial charge is 0.240 e. The number of rotatable bonds is 9. The zero-order valence-electron chi connectivity index (χ0n) is 15.3. The number of benzene rings is 3. The van der Waals surface area contributed by atoms with Gasteiger partial charge in [-0.05, 0) is 55.0 Å². The van der Waals surface area contributed by atoms with E-state index < -0.39 is 10.0 Å². The van der Waals surface area contributed by atoms with Crippen molar-refractivity contribution in [3.8, 4) is 17.2 Å². The number of sulfonamides is 1. The highest BCUT2D eigenvalue weighted by atomic mass is 35.5. The molecule has 3 aromatic carbocycles. The molecule has 0 heterocycles. The summed E-state index contributed by atoms with van der Waals surface area (Å²) in [6, 6.07) is 20.5. The summed E-state index contributed by atoms with van der Waals surface area (Å²) in [5.74, 6) is 1.82. The summed E-state index contributed by atoms with van der Waals surface area (Å²) in [6.45, 7) is 0.580. The van der Waals surface area contributed by atoms with E-state index in [1.807, 2.05) is 30.3 Å². The van der Waals surface area contributed by atoms with Crippen LogP contribution in [0.15, 0.2) is 77.7 Å². The molecule has 0 amide bonds. The molecule has 0 atom stereocenters. The summed E-state index contributed by atoms with van der Waals surface area (Å²) in [6.07, 6.45) is 0.495. The van der Waals surface area contributed by atoms with Gasteiger partial charge in [-0.25, -0.2) is 13.1 Å². The van der Waals surface area contributed by atoms with Gasteiger partial charge in [-0.3, -0.25) is 0 Å². The van der Waals surface area contributed by atoms with E-state index in [-0.39, 0.29) is 11.4 Å². The van der Waals surface area contributed by atoms with E-state index in [0.29, 0.717) is 40.3 Å². The predicted molar refractivity (Wildman–Crippen MR) is 115 cm³/mol. The first-order valence-electron chi connectivity index (χ1n) is 8.84. The zero-order chi connectivity index (χ0) is 20.7. The molecule has 5 nitrogen and oxygen atoms in total. The number of para-hydroxylation sites is 1. The van der Waals surface area contributed by atoms with Gasteiger partial charge in [0.15, 0.2) is 0 Å². The van der Waals surface area contributed by atoms with Crippen LogP contribution >= 0.6 is 23.2 Å². The number of nitrogens with one attached hydrogen (secondary N) is 1. The standard InChI is InChI=1S/C21H19Cl2NO4S/c22-20-12-9-18(15-21(20)23)27-14-4-13-24-29(25,26)19-10-7-17(8-11-19)28-16-5-2-1-3-6-16/h1-3,5-12,15,24H,4,13-14H2. The summed E-state index contributed by atoms with van der Waals surface area (Å²) in [4.78, 5) is 0.170. The van der Waals surface area contributed by atoms with E-state index in [1.54, 1.807) is 30.3 Å². The molecule has 152 valence electrons. The first-order chi connectivity index (χ1) is 13.9. The molecule has 3 aromatic rings. The first-order valence-corrected chi connectivity index (χ1v) is 11.1. The fourth-order valence-electron chi connectivity index (χ4n) is 2.43. The second kappa shape index (κ2) is 9.98. The monoisotopic (exact) mass is 451 g/mol. The van der Waals surface area contributed by atoms with Crippen LogP contribution in [0.2, 0.25) is 10.0 Å². The summed E-state index contributed by atoms with van der Waals surface area (Å²) in [7, 11) is -3.61. The molecule has 0 saturated carbocycles. The second-order valence-corrected chi connectivity index (χ2v) is 8.64. The third kappa shape index (κ3) is 6.37. The van der Waals surface area contributed by atoms with Crippen LogP contribution in [0.1, 0.15) is 6.42 Å². The lowest BCUT2D eigenvalue weighted by molar-refractivity contribution is 0.311. The molecular formula is C21H19Cl2NO4S.